The van der Waals surface area contributed by atoms with E-state index in [2.05, 4.69) is 14.5 Å². The van der Waals surface area contributed by atoms with Gasteiger partial charge in [0, 0.05) is 29.7 Å². The molecule has 5 rings (SSSR count). The molecular weight excluding hydrogens is 421 g/mol. The highest BCUT2D eigenvalue weighted by molar-refractivity contribution is 7.43. The molecule has 0 saturated heterocycles. The van der Waals surface area contributed by atoms with Gasteiger partial charge in [-0.25, -0.2) is 9.97 Å². The van der Waals surface area contributed by atoms with Crippen molar-refractivity contribution in [2.75, 3.05) is 7.11 Å². The topological polar surface area (TPSA) is 122 Å². The number of fused-ring (bicyclic) bond motifs is 4. The van der Waals surface area contributed by atoms with Gasteiger partial charge in [0.25, 0.3) is 0 Å². The number of phosphoric ester groups is 1. The van der Waals surface area contributed by atoms with Crippen LogP contribution in [-0.4, -0.2) is 30.6 Å². The van der Waals surface area contributed by atoms with Crippen LogP contribution in [-0.2, 0) is 22.9 Å². The van der Waals surface area contributed by atoms with E-state index in [0.717, 1.165) is 33.3 Å². The molecule has 0 saturated carbocycles. The Hall–Kier alpha value is -3.17. The Labute approximate surface area is 176 Å². The normalized spacial score (nSPS) is 12.4. The molecule has 1 aromatic carbocycles. The first-order valence-electron chi connectivity index (χ1n) is 9.39. The summed E-state index contributed by atoms with van der Waals surface area (Å²) >= 11 is 0. The van der Waals surface area contributed by atoms with Crippen molar-refractivity contribution in [3.63, 3.8) is 0 Å². The first-order valence-corrected chi connectivity index (χ1v) is 10.9. The summed E-state index contributed by atoms with van der Waals surface area (Å²) < 4.78 is 26.7. The maximum absolute atomic E-state index is 11.2. The van der Waals surface area contributed by atoms with E-state index in [1.165, 1.54) is 0 Å². The molecule has 5 aromatic rings. The first-order chi connectivity index (χ1) is 14.8. The predicted octanol–water partition coefficient (Wildman–Crippen LogP) is 1.96. The summed E-state index contributed by atoms with van der Waals surface area (Å²) in [4.78, 5) is 31.3. The lowest BCUT2D eigenvalue weighted by atomic mass is 10.1. The number of hydrogen-bond acceptors (Lipinski definition) is 7. The van der Waals surface area contributed by atoms with Gasteiger partial charge in [-0.1, -0.05) is 0 Å². The third-order valence-corrected chi connectivity index (χ3v) is 5.82. The maximum atomic E-state index is 11.2. The van der Waals surface area contributed by atoms with Crippen LogP contribution in [0.25, 0.3) is 38.8 Å². The van der Waals surface area contributed by atoms with Gasteiger partial charge >= 0.3 is 0 Å². The monoisotopic (exact) mass is 439 g/mol. The molecule has 0 aliphatic heterocycles. The van der Waals surface area contributed by atoms with Crippen molar-refractivity contribution in [2.24, 2.45) is 7.05 Å². The van der Waals surface area contributed by atoms with Crippen LogP contribution < -0.4 is 14.5 Å². The van der Waals surface area contributed by atoms with Gasteiger partial charge in [-0.2, -0.15) is 0 Å². The van der Waals surface area contributed by atoms with Crippen molar-refractivity contribution in [3.8, 4) is 17.0 Å². The van der Waals surface area contributed by atoms with E-state index in [1.807, 2.05) is 53.4 Å². The molecule has 0 unspecified atom stereocenters. The number of benzene rings is 1. The molecule has 0 atom stereocenters. The minimum absolute atomic E-state index is 0.469. The van der Waals surface area contributed by atoms with Crippen molar-refractivity contribution < 1.29 is 23.6 Å². The SMILES string of the molecule is COc1ccc2c(c1)c(-c1cc3c(ncc4cnc(C)n43)n1COP(=O)([O-])[O-])cn2C. The summed E-state index contributed by atoms with van der Waals surface area (Å²) in [5.41, 5.74) is 4.41. The molecule has 0 fully saturated rings. The number of rotatable bonds is 5. The van der Waals surface area contributed by atoms with E-state index in [1.54, 1.807) is 24.1 Å². The fourth-order valence-corrected chi connectivity index (χ4v) is 4.26. The van der Waals surface area contributed by atoms with Gasteiger partial charge in [-0.05, 0) is 31.2 Å². The van der Waals surface area contributed by atoms with Gasteiger partial charge in [0.15, 0.2) is 5.65 Å². The summed E-state index contributed by atoms with van der Waals surface area (Å²) in [7, 11) is -1.68. The van der Waals surface area contributed by atoms with E-state index in [4.69, 9.17) is 4.74 Å². The second-order valence-electron chi connectivity index (χ2n) is 7.23. The second-order valence-corrected chi connectivity index (χ2v) is 8.39. The van der Waals surface area contributed by atoms with Gasteiger partial charge in [0.2, 0.25) is 0 Å². The van der Waals surface area contributed by atoms with Crippen molar-refractivity contribution >= 4 is 35.4 Å². The maximum Gasteiger partial charge on any atom is 0.159 e. The zero-order valence-corrected chi connectivity index (χ0v) is 17.9. The highest BCUT2D eigenvalue weighted by atomic mass is 31.2. The van der Waals surface area contributed by atoms with E-state index < -0.39 is 14.6 Å². The van der Waals surface area contributed by atoms with E-state index in [9.17, 15) is 14.4 Å². The molecular formula is C20H18N5O5P-2. The number of aryl methyl sites for hydroxylation is 2. The van der Waals surface area contributed by atoms with Crippen molar-refractivity contribution in [1.29, 1.82) is 0 Å². The number of phosphoric acid groups is 1. The van der Waals surface area contributed by atoms with E-state index in [-0.39, 0.29) is 0 Å². The molecule has 0 aliphatic rings. The molecule has 10 nitrogen and oxygen atoms in total. The molecule has 0 radical (unpaired) electrons. The molecule has 0 aliphatic carbocycles. The number of imidazole rings is 1. The fraction of sp³-hybridized carbons (Fsp3) is 0.200. The Morgan fingerprint density at radius 2 is 1.90 bits per heavy atom. The Morgan fingerprint density at radius 1 is 1.13 bits per heavy atom. The zero-order valence-electron chi connectivity index (χ0n) is 17.0. The minimum Gasteiger partial charge on any atom is -0.790 e. The molecule has 11 heteroatoms. The number of ether oxygens (including phenoxy) is 1. The van der Waals surface area contributed by atoms with E-state index >= 15 is 0 Å². The Balaban J connectivity index is 1.83. The number of nitrogens with zero attached hydrogens (tertiary/aromatic N) is 5. The second kappa shape index (κ2) is 6.93. The molecule has 4 heterocycles. The fourth-order valence-electron chi connectivity index (χ4n) is 4.00. The van der Waals surface area contributed by atoms with Crippen LogP contribution in [0.1, 0.15) is 5.82 Å². The van der Waals surface area contributed by atoms with Crippen molar-refractivity contribution in [2.45, 2.75) is 13.7 Å². The summed E-state index contributed by atoms with van der Waals surface area (Å²) in [5, 5.41) is 0.900. The van der Waals surface area contributed by atoms with Crippen LogP contribution in [0.3, 0.4) is 0 Å². The predicted molar refractivity (Wildman–Crippen MR) is 110 cm³/mol. The first kappa shape index (κ1) is 19.8. The number of methoxy groups -OCH3 is 1. The van der Waals surface area contributed by atoms with Crippen LogP contribution in [0.5, 0.6) is 5.75 Å². The standard InChI is InChI=1S/C20H20N5O5P/c1-12-21-8-13-9-22-20-19(25(12)13)7-18(24(20)11-30-31(26,27)28)16-10-23(2)17-5-4-14(29-3)6-15(16)17/h4-10H,11H2,1-3H3,(H2,26,27,28)/p-2. The molecule has 31 heavy (non-hydrogen) atoms. The molecule has 0 bridgehead atoms. The van der Waals surface area contributed by atoms with Crippen LogP contribution in [0.2, 0.25) is 0 Å². The van der Waals surface area contributed by atoms with Gasteiger partial charge in [0.1, 0.15) is 18.3 Å². The van der Waals surface area contributed by atoms with Crippen LogP contribution in [0.4, 0.5) is 0 Å². The average Bonchev–Trinajstić information content (AvgIpc) is 3.38. The van der Waals surface area contributed by atoms with Crippen molar-refractivity contribution in [3.05, 3.63) is 48.7 Å². The molecule has 0 N–H and O–H groups in total. The smallest absolute Gasteiger partial charge is 0.159 e. The average molecular weight is 439 g/mol. The van der Waals surface area contributed by atoms with Crippen LogP contribution in [0.15, 0.2) is 42.9 Å². The Kier molecular flexibility index (Phi) is 4.42. The summed E-state index contributed by atoms with van der Waals surface area (Å²) in [6.07, 6.45) is 5.28. The highest BCUT2D eigenvalue weighted by Crippen LogP contribution is 2.37. The molecule has 160 valence electrons. The number of aromatic nitrogens is 5. The van der Waals surface area contributed by atoms with Crippen LogP contribution in [0, 0.1) is 6.92 Å². The van der Waals surface area contributed by atoms with Gasteiger partial charge in [0.05, 0.1) is 44.1 Å². The van der Waals surface area contributed by atoms with Gasteiger partial charge < -0.3 is 28.2 Å². The van der Waals surface area contributed by atoms with Gasteiger partial charge in [-0.15, -0.1) is 0 Å². The molecule has 0 spiro atoms. The number of hydrogen-bond donors (Lipinski definition) is 0. The lowest BCUT2D eigenvalue weighted by Crippen LogP contribution is -2.18. The third-order valence-electron chi connectivity index (χ3n) is 5.39. The largest absolute Gasteiger partial charge is 0.790 e. The minimum atomic E-state index is -5.19. The third kappa shape index (κ3) is 3.21. The summed E-state index contributed by atoms with van der Waals surface area (Å²) in [6.45, 7) is 1.38. The lowest BCUT2D eigenvalue weighted by molar-refractivity contribution is -0.344. The molecule has 0 amide bonds. The lowest BCUT2D eigenvalue weighted by Gasteiger charge is -2.29. The van der Waals surface area contributed by atoms with Crippen LogP contribution >= 0.6 is 7.82 Å². The van der Waals surface area contributed by atoms with Gasteiger partial charge in [-0.3, -0.25) is 8.97 Å². The summed E-state index contributed by atoms with van der Waals surface area (Å²) in [5.74, 6) is 1.44. The van der Waals surface area contributed by atoms with E-state index in [0.29, 0.717) is 17.1 Å². The summed E-state index contributed by atoms with van der Waals surface area (Å²) in [6, 6.07) is 7.62. The molecule has 4 aromatic heterocycles. The Bertz CT molecular complexity index is 1510. The Morgan fingerprint density at radius 3 is 2.65 bits per heavy atom. The zero-order chi connectivity index (χ0) is 21.9. The quantitative estimate of drug-likeness (QED) is 0.384. The highest BCUT2D eigenvalue weighted by Gasteiger charge is 2.19. The van der Waals surface area contributed by atoms with Crippen molar-refractivity contribution in [1.82, 2.24) is 23.5 Å².